The third-order valence-corrected chi connectivity index (χ3v) is 6.93. The maximum Gasteiger partial charge on any atom is 0.191 e. The van der Waals surface area contributed by atoms with Gasteiger partial charge in [0, 0.05) is 38.8 Å². The Hall–Kier alpha value is -0.0800. The summed E-state index contributed by atoms with van der Waals surface area (Å²) in [5.74, 6) is 1.90. The van der Waals surface area contributed by atoms with Gasteiger partial charge in [-0.15, -0.1) is 24.0 Å². The van der Waals surface area contributed by atoms with E-state index >= 15 is 0 Å². The van der Waals surface area contributed by atoms with Crippen molar-refractivity contribution >= 4 is 29.9 Å². The third kappa shape index (κ3) is 7.35. The Morgan fingerprint density at radius 3 is 2.22 bits per heavy atom. The first-order chi connectivity index (χ1) is 12.8. The quantitative estimate of drug-likeness (QED) is 0.340. The van der Waals surface area contributed by atoms with Gasteiger partial charge in [0.2, 0.25) is 0 Å². The van der Waals surface area contributed by atoms with Gasteiger partial charge in [-0.3, -0.25) is 4.99 Å². The third-order valence-electron chi connectivity index (χ3n) is 6.93. The summed E-state index contributed by atoms with van der Waals surface area (Å²) in [7, 11) is 1.91. The molecule has 0 aromatic rings. The lowest BCUT2D eigenvalue weighted by Crippen LogP contribution is -2.50. The van der Waals surface area contributed by atoms with Crippen LogP contribution in [0.3, 0.4) is 0 Å². The van der Waals surface area contributed by atoms with E-state index < -0.39 is 0 Å². The second kappa shape index (κ2) is 12.5. The van der Waals surface area contributed by atoms with E-state index in [0.717, 1.165) is 24.5 Å². The molecule has 0 amide bonds. The maximum atomic E-state index is 4.46. The SMILES string of the molecule is CCN1CCC(CCNC(=NC)NC2CCN(C3CCCC3)CC2)CC1.I. The van der Waals surface area contributed by atoms with E-state index in [1.807, 2.05) is 7.05 Å². The van der Waals surface area contributed by atoms with Crippen molar-refractivity contribution in [2.24, 2.45) is 10.9 Å². The van der Waals surface area contributed by atoms with E-state index in [2.05, 4.69) is 32.3 Å². The Morgan fingerprint density at radius 1 is 0.963 bits per heavy atom. The number of nitrogens with zero attached hydrogens (tertiary/aromatic N) is 3. The van der Waals surface area contributed by atoms with E-state index in [0.29, 0.717) is 6.04 Å². The fraction of sp³-hybridized carbons (Fsp3) is 0.952. The molecule has 1 aliphatic carbocycles. The lowest BCUT2D eigenvalue weighted by atomic mass is 9.93. The van der Waals surface area contributed by atoms with Crippen molar-refractivity contribution < 1.29 is 0 Å². The van der Waals surface area contributed by atoms with Gasteiger partial charge in [-0.25, -0.2) is 0 Å². The minimum atomic E-state index is 0. The Labute approximate surface area is 184 Å². The largest absolute Gasteiger partial charge is 0.356 e. The molecule has 2 N–H and O–H groups in total. The molecule has 0 radical (unpaired) electrons. The number of halogens is 1. The van der Waals surface area contributed by atoms with Crippen molar-refractivity contribution in [1.29, 1.82) is 0 Å². The molecular formula is C21H42IN5. The summed E-state index contributed by atoms with van der Waals surface area (Å²) in [6, 6.07) is 1.47. The van der Waals surface area contributed by atoms with Crippen LogP contribution in [0.1, 0.15) is 64.7 Å². The maximum absolute atomic E-state index is 4.46. The Kier molecular flexibility index (Phi) is 10.7. The van der Waals surface area contributed by atoms with Crippen LogP contribution in [0.2, 0.25) is 0 Å². The zero-order valence-corrected chi connectivity index (χ0v) is 19.9. The molecule has 3 rings (SSSR count). The summed E-state index contributed by atoms with van der Waals surface area (Å²) in [5.41, 5.74) is 0. The standard InChI is InChI=1S/C21H41N5.HI/c1-3-25-14-9-18(10-15-25)8-13-23-21(22-2)24-19-11-16-26(17-12-19)20-6-4-5-7-20;/h18-20H,3-17H2,1-2H3,(H2,22,23,24);1H. The second-order valence-electron chi connectivity index (χ2n) is 8.56. The van der Waals surface area contributed by atoms with Crippen molar-refractivity contribution in [1.82, 2.24) is 20.4 Å². The normalized spacial score (nSPS) is 24.7. The molecule has 0 spiro atoms. The van der Waals surface area contributed by atoms with Gasteiger partial charge in [0.25, 0.3) is 0 Å². The first kappa shape index (κ1) is 23.2. The number of rotatable bonds is 6. The smallest absolute Gasteiger partial charge is 0.191 e. The van der Waals surface area contributed by atoms with Crippen molar-refractivity contribution in [3.05, 3.63) is 0 Å². The highest BCUT2D eigenvalue weighted by Gasteiger charge is 2.27. The van der Waals surface area contributed by atoms with Gasteiger partial charge >= 0.3 is 0 Å². The molecule has 2 heterocycles. The number of nitrogens with one attached hydrogen (secondary N) is 2. The minimum absolute atomic E-state index is 0. The van der Waals surface area contributed by atoms with Crippen LogP contribution >= 0.6 is 24.0 Å². The van der Waals surface area contributed by atoms with E-state index in [4.69, 9.17) is 0 Å². The van der Waals surface area contributed by atoms with E-state index in [1.54, 1.807) is 0 Å². The molecule has 6 heteroatoms. The van der Waals surface area contributed by atoms with Gasteiger partial charge in [0.15, 0.2) is 5.96 Å². The summed E-state index contributed by atoms with van der Waals surface area (Å²) in [6.45, 7) is 9.63. The summed E-state index contributed by atoms with van der Waals surface area (Å²) >= 11 is 0. The van der Waals surface area contributed by atoms with Crippen LogP contribution in [-0.4, -0.2) is 74.2 Å². The number of hydrogen-bond donors (Lipinski definition) is 2. The van der Waals surface area contributed by atoms with E-state index in [-0.39, 0.29) is 24.0 Å². The van der Waals surface area contributed by atoms with Crippen molar-refractivity contribution in [3.63, 3.8) is 0 Å². The highest BCUT2D eigenvalue weighted by atomic mass is 127. The molecule has 3 aliphatic rings. The molecule has 27 heavy (non-hydrogen) atoms. The Bertz CT molecular complexity index is 422. The summed E-state index contributed by atoms with van der Waals surface area (Å²) in [6.07, 6.45) is 12.3. The fourth-order valence-electron chi connectivity index (χ4n) is 5.05. The van der Waals surface area contributed by atoms with Crippen LogP contribution in [0, 0.1) is 5.92 Å². The van der Waals surface area contributed by atoms with E-state index in [1.165, 1.54) is 90.5 Å². The van der Waals surface area contributed by atoms with Gasteiger partial charge in [0.05, 0.1) is 0 Å². The number of guanidine groups is 1. The number of likely N-dealkylation sites (tertiary alicyclic amines) is 2. The zero-order chi connectivity index (χ0) is 18.2. The van der Waals surface area contributed by atoms with Crippen LogP contribution in [0.25, 0.3) is 0 Å². The molecule has 2 saturated heterocycles. The average Bonchev–Trinajstić information content (AvgIpc) is 3.23. The topological polar surface area (TPSA) is 42.9 Å². The van der Waals surface area contributed by atoms with Crippen LogP contribution in [0.4, 0.5) is 0 Å². The molecular weight excluding hydrogens is 449 g/mol. The van der Waals surface area contributed by atoms with Crippen LogP contribution in [-0.2, 0) is 0 Å². The predicted octanol–water partition coefficient (Wildman–Crippen LogP) is 3.30. The number of aliphatic imine (C=N–C) groups is 1. The predicted molar refractivity (Wildman–Crippen MR) is 126 cm³/mol. The van der Waals surface area contributed by atoms with Gasteiger partial charge in [0.1, 0.15) is 0 Å². The lowest BCUT2D eigenvalue weighted by Gasteiger charge is -2.36. The lowest BCUT2D eigenvalue weighted by molar-refractivity contribution is 0.150. The molecule has 5 nitrogen and oxygen atoms in total. The number of piperidine rings is 2. The molecule has 0 bridgehead atoms. The second-order valence-corrected chi connectivity index (χ2v) is 8.56. The first-order valence-electron chi connectivity index (χ1n) is 11.2. The van der Waals surface area contributed by atoms with Crippen LogP contribution in [0.5, 0.6) is 0 Å². The molecule has 3 fully saturated rings. The molecule has 0 aromatic heterocycles. The molecule has 2 aliphatic heterocycles. The molecule has 0 unspecified atom stereocenters. The molecule has 0 atom stereocenters. The first-order valence-corrected chi connectivity index (χ1v) is 11.2. The average molecular weight is 492 g/mol. The zero-order valence-electron chi connectivity index (χ0n) is 17.6. The molecule has 1 saturated carbocycles. The number of hydrogen-bond acceptors (Lipinski definition) is 3. The van der Waals surface area contributed by atoms with Gasteiger partial charge in [-0.05, 0) is 70.5 Å². The van der Waals surface area contributed by atoms with Gasteiger partial charge in [-0.1, -0.05) is 19.8 Å². The minimum Gasteiger partial charge on any atom is -0.356 e. The Balaban J connectivity index is 0.00000261. The van der Waals surface area contributed by atoms with Gasteiger partial charge < -0.3 is 20.4 Å². The van der Waals surface area contributed by atoms with Crippen LogP contribution in [0.15, 0.2) is 4.99 Å². The fourth-order valence-corrected chi connectivity index (χ4v) is 5.05. The summed E-state index contributed by atoms with van der Waals surface area (Å²) in [5, 5.41) is 7.24. The monoisotopic (exact) mass is 491 g/mol. The summed E-state index contributed by atoms with van der Waals surface area (Å²) in [4.78, 5) is 9.77. The van der Waals surface area contributed by atoms with Crippen LogP contribution < -0.4 is 10.6 Å². The van der Waals surface area contributed by atoms with Gasteiger partial charge in [-0.2, -0.15) is 0 Å². The Morgan fingerprint density at radius 2 is 1.63 bits per heavy atom. The van der Waals surface area contributed by atoms with Crippen molar-refractivity contribution in [2.45, 2.75) is 76.8 Å². The highest BCUT2D eigenvalue weighted by molar-refractivity contribution is 14.0. The molecule has 158 valence electrons. The van der Waals surface area contributed by atoms with Crippen molar-refractivity contribution in [3.8, 4) is 0 Å². The highest BCUT2D eigenvalue weighted by Crippen LogP contribution is 2.26. The summed E-state index contributed by atoms with van der Waals surface area (Å²) < 4.78 is 0. The molecule has 0 aromatic carbocycles. The van der Waals surface area contributed by atoms with E-state index in [9.17, 15) is 0 Å². The van der Waals surface area contributed by atoms with Crippen molar-refractivity contribution in [2.75, 3.05) is 46.3 Å².